The van der Waals surface area contributed by atoms with Gasteiger partial charge in [-0.1, -0.05) is 33.8 Å². The maximum atomic E-state index is 13.6. The van der Waals surface area contributed by atoms with E-state index in [1.165, 1.54) is 29.2 Å². The van der Waals surface area contributed by atoms with Gasteiger partial charge in [-0.3, -0.25) is 14.5 Å². The van der Waals surface area contributed by atoms with E-state index < -0.39 is 26.9 Å². The number of nitrogens with zero attached hydrogens (tertiary/aromatic N) is 3. The van der Waals surface area contributed by atoms with Crippen molar-refractivity contribution in [3.63, 3.8) is 0 Å². The molecular weight excluding hydrogens is 508 g/mol. The first-order valence-corrected chi connectivity index (χ1v) is 14.2. The lowest BCUT2D eigenvalue weighted by molar-refractivity contribution is -0.124. The third-order valence-corrected chi connectivity index (χ3v) is 7.68. The number of anilines is 1. The number of carbonyl (C=O) groups excluding carboxylic acids is 3. The molecule has 1 N–H and O–H groups in total. The summed E-state index contributed by atoms with van der Waals surface area (Å²) in [7, 11) is -2.32. The molecular formula is C27H40N4O6S. The van der Waals surface area contributed by atoms with Crippen LogP contribution in [0.5, 0.6) is 0 Å². The molecule has 0 saturated carbocycles. The number of rotatable bonds is 10. The van der Waals surface area contributed by atoms with Crippen molar-refractivity contribution in [2.75, 3.05) is 25.0 Å². The fraction of sp³-hybridized carbons (Fsp3) is 0.556. The number of sulfone groups is 1. The zero-order valence-corrected chi connectivity index (χ0v) is 24.4. The Morgan fingerprint density at radius 3 is 2.26 bits per heavy atom. The summed E-state index contributed by atoms with van der Waals surface area (Å²) in [5.41, 5.74) is 2.16. The Morgan fingerprint density at radius 1 is 1.18 bits per heavy atom. The molecule has 11 heteroatoms. The van der Waals surface area contributed by atoms with Gasteiger partial charge in [-0.2, -0.15) is 5.10 Å². The van der Waals surface area contributed by atoms with E-state index in [4.69, 9.17) is 4.74 Å². The van der Waals surface area contributed by atoms with Gasteiger partial charge in [0.1, 0.15) is 5.60 Å². The quantitative estimate of drug-likeness (QED) is 0.200. The van der Waals surface area contributed by atoms with Crippen LogP contribution in [0.25, 0.3) is 0 Å². The maximum Gasteiger partial charge on any atom is 0.410 e. The lowest BCUT2D eigenvalue weighted by atomic mass is 9.92. The van der Waals surface area contributed by atoms with Crippen molar-refractivity contribution in [1.82, 2.24) is 10.3 Å². The molecule has 0 aliphatic carbocycles. The van der Waals surface area contributed by atoms with Gasteiger partial charge in [0.05, 0.1) is 33.2 Å². The molecule has 0 spiro atoms. The van der Waals surface area contributed by atoms with E-state index >= 15 is 0 Å². The maximum absolute atomic E-state index is 13.6. The minimum absolute atomic E-state index is 0.0325. The zero-order chi connectivity index (χ0) is 28.9. The van der Waals surface area contributed by atoms with Crippen molar-refractivity contribution in [3.8, 4) is 0 Å². The van der Waals surface area contributed by atoms with E-state index in [0.29, 0.717) is 37.3 Å². The van der Waals surface area contributed by atoms with Crippen molar-refractivity contribution >= 4 is 39.1 Å². The highest BCUT2D eigenvalue weighted by Crippen LogP contribution is 2.35. The van der Waals surface area contributed by atoms with Gasteiger partial charge in [0.25, 0.3) is 0 Å². The van der Waals surface area contributed by atoms with E-state index in [9.17, 15) is 22.8 Å². The van der Waals surface area contributed by atoms with E-state index in [1.54, 1.807) is 47.7 Å². The van der Waals surface area contributed by atoms with Crippen LogP contribution in [0, 0.1) is 5.41 Å². The highest BCUT2D eigenvalue weighted by atomic mass is 32.2. The molecule has 1 fully saturated rings. The van der Waals surface area contributed by atoms with Gasteiger partial charge in [-0.05, 0) is 57.9 Å². The third-order valence-electron chi connectivity index (χ3n) is 5.81. The monoisotopic (exact) mass is 548 g/mol. The molecule has 0 unspecified atom stereocenters. The minimum Gasteiger partial charge on any atom is -0.444 e. The first-order chi connectivity index (χ1) is 17.5. The van der Waals surface area contributed by atoms with Crippen molar-refractivity contribution in [2.24, 2.45) is 10.5 Å². The number of imide groups is 1. The summed E-state index contributed by atoms with van der Waals surface area (Å²) >= 11 is 0. The van der Waals surface area contributed by atoms with E-state index in [2.05, 4.69) is 10.5 Å². The second-order valence-electron chi connectivity index (χ2n) is 10.8. The molecule has 10 nitrogen and oxygen atoms in total. The molecule has 0 atom stereocenters. The van der Waals surface area contributed by atoms with E-state index in [1.807, 2.05) is 13.8 Å². The van der Waals surface area contributed by atoms with Crippen LogP contribution in [0.4, 0.5) is 10.5 Å². The van der Waals surface area contributed by atoms with Crippen LogP contribution in [0.1, 0.15) is 67.7 Å². The Balaban J connectivity index is 2.20. The predicted molar refractivity (Wildman–Crippen MR) is 147 cm³/mol. The van der Waals surface area contributed by atoms with Crippen molar-refractivity contribution < 1.29 is 27.5 Å². The number of nitrogens with one attached hydrogen (secondary N) is 1. The molecule has 2 rings (SSSR count). The topological polar surface area (TPSA) is 125 Å². The molecule has 1 aliphatic rings. The second kappa shape index (κ2) is 12.1. The summed E-state index contributed by atoms with van der Waals surface area (Å²) in [5, 5.41) is 4.32. The first-order valence-electron chi connectivity index (χ1n) is 12.7. The van der Waals surface area contributed by atoms with Crippen molar-refractivity contribution in [3.05, 3.63) is 35.2 Å². The minimum atomic E-state index is -3.93. The number of hydrogen-bond donors (Lipinski definition) is 1. The van der Waals surface area contributed by atoms with Crippen LogP contribution in [0.15, 0.2) is 45.2 Å². The molecule has 1 aliphatic heterocycles. The molecule has 0 radical (unpaired) electrons. The molecule has 0 aromatic heterocycles. The van der Waals surface area contributed by atoms with E-state index in [0.717, 1.165) is 4.90 Å². The summed E-state index contributed by atoms with van der Waals surface area (Å²) < 4.78 is 32.4. The van der Waals surface area contributed by atoms with Crippen LogP contribution in [0.2, 0.25) is 0 Å². The summed E-state index contributed by atoms with van der Waals surface area (Å²) in [6.07, 6.45) is 2.07. The third kappa shape index (κ3) is 7.43. The molecule has 1 heterocycles. The number of carbonyl (C=O) groups is 3. The first kappa shape index (κ1) is 31.0. The number of allylic oxidation sites excluding steroid dienone is 2. The molecule has 38 heavy (non-hydrogen) atoms. The van der Waals surface area contributed by atoms with Crippen LogP contribution in [0.3, 0.4) is 0 Å². The molecule has 0 bridgehead atoms. The number of hydrazone groups is 1. The number of ether oxygens (including phenoxy) is 1. The summed E-state index contributed by atoms with van der Waals surface area (Å²) in [5.74, 6) is -0.626. The van der Waals surface area contributed by atoms with Crippen molar-refractivity contribution in [1.29, 1.82) is 0 Å². The number of likely N-dealkylation sites (N-methyl/N-ethyl adjacent to an activating group) is 1. The van der Waals surface area contributed by atoms with Crippen LogP contribution < -0.4 is 10.3 Å². The summed E-state index contributed by atoms with van der Waals surface area (Å²) in [6.45, 7) is 13.0. The Morgan fingerprint density at radius 2 is 1.79 bits per heavy atom. The van der Waals surface area contributed by atoms with Gasteiger partial charge in [0, 0.05) is 20.0 Å². The Bertz CT molecular complexity index is 1210. The molecule has 210 valence electrons. The number of amides is 3. The van der Waals surface area contributed by atoms with Crippen molar-refractivity contribution in [2.45, 2.75) is 78.2 Å². The standard InChI is InChI=1S/C27H40N4O6S/c1-9-11-22(21(10-2)29-28-16-17-30(8)25(34)37-26(3,4)5)38(35,36)20-14-12-19(13-15-20)31-23(32)18-27(6,7)24(31)33/h11-15,28H,9-10,16-18H2,1-8H3/b22-11-,29-21-. The van der Waals surface area contributed by atoms with Gasteiger partial charge >= 0.3 is 6.09 Å². The number of benzene rings is 1. The average molecular weight is 549 g/mol. The van der Waals surface area contributed by atoms with Gasteiger partial charge in [0.2, 0.25) is 21.7 Å². The zero-order valence-electron chi connectivity index (χ0n) is 23.6. The van der Waals surface area contributed by atoms with Gasteiger partial charge in [0.15, 0.2) is 0 Å². The highest BCUT2D eigenvalue weighted by molar-refractivity contribution is 7.96. The SMILES string of the molecule is CC/C=C(/C(CC)=N\NCCN(C)C(=O)OC(C)(C)C)S(=O)(=O)c1ccc(N2C(=O)CC(C)(C)C2=O)cc1. The molecule has 1 aromatic carbocycles. The van der Waals surface area contributed by atoms with Crippen LogP contribution >= 0.6 is 0 Å². The Hall–Kier alpha value is -3.21. The predicted octanol–water partition coefficient (Wildman–Crippen LogP) is 4.27. The smallest absolute Gasteiger partial charge is 0.410 e. The fourth-order valence-electron chi connectivity index (χ4n) is 3.79. The van der Waals surface area contributed by atoms with Crippen LogP contribution in [-0.4, -0.2) is 62.7 Å². The molecule has 1 aromatic rings. The van der Waals surface area contributed by atoms with Gasteiger partial charge in [-0.15, -0.1) is 0 Å². The van der Waals surface area contributed by atoms with Crippen LogP contribution in [-0.2, 0) is 24.2 Å². The summed E-state index contributed by atoms with van der Waals surface area (Å²) in [6, 6.07) is 5.75. The average Bonchev–Trinajstić information content (AvgIpc) is 3.02. The lowest BCUT2D eigenvalue weighted by Gasteiger charge is -2.24. The normalized spacial score (nSPS) is 16.6. The lowest BCUT2D eigenvalue weighted by Crippen LogP contribution is -2.37. The largest absolute Gasteiger partial charge is 0.444 e. The Labute approximate surface area is 226 Å². The Kier molecular flexibility index (Phi) is 9.88. The van der Waals surface area contributed by atoms with Gasteiger partial charge < -0.3 is 15.1 Å². The molecule has 3 amide bonds. The van der Waals surface area contributed by atoms with Gasteiger partial charge in [-0.25, -0.2) is 13.2 Å². The highest BCUT2D eigenvalue weighted by Gasteiger charge is 2.45. The molecule has 1 saturated heterocycles. The summed E-state index contributed by atoms with van der Waals surface area (Å²) in [4.78, 5) is 39.8. The number of hydrogen-bond acceptors (Lipinski definition) is 8. The fourth-order valence-corrected chi connectivity index (χ4v) is 5.42. The van der Waals surface area contributed by atoms with E-state index in [-0.39, 0.29) is 28.0 Å². The second-order valence-corrected chi connectivity index (χ2v) is 12.7.